The Labute approximate surface area is 155 Å². The largest absolute Gasteiger partial charge is 0.472 e. The lowest BCUT2D eigenvalue weighted by Crippen LogP contribution is -2.33. The van der Waals surface area contributed by atoms with Crippen molar-refractivity contribution in [3.63, 3.8) is 0 Å². The van der Waals surface area contributed by atoms with E-state index in [2.05, 4.69) is 15.2 Å². The van der Waals surface area contributed by atoms with Gasteiger partial charge in [0.2, 0.25) is 0 Å². The smallest absolute Gasteiger partial charge is 0.340 e. The number of amides is 1. The lowest BCUT2D eigenvalue weighted by atomic mass is 9.94. The van der Waals surface area contributed by atoms with Gasteiger partial charge in [0.15, 0.2) is 5.82 Å². The third kappa shape index (κ3) is 2.89. The SMILES string of the molecule is O=C(c1cccc(-c2ccoc2)c1)N1CCC(C2CC2)C1c1n[nH]c(=O)[nH]1. The predicted molar refractivity (Wildman–Crippen MR) is 98.0 cm³/mol. The Morgan fingerprint density at radius 1 is 1.19 bits per heavy atom. The zero-order valence-electron chi connectivity index (χ0n) is 14.7. The number of carbonyl (C=O) groups is 1. The Morgan fingerprint density at radius 2 is 2.07 bits per heavy atom. The summed E-state index contributed by atoms with van der Waals surface area (Å²) in [5.41, 5.74) is 2.18. The van der Waals surface area contributed by atoms with Gasteiger partial charge in [-0.25, -0.2) is 9.89 Å². The lowest BCUT2D eigenvalue weighted by Gasteiger charge is -2.26. The van der Waals surface area contributed by atoms with E-state index in [0.717, 1.165) is 17.5 Å². The van der Waals surface area contributed by atoms with E-state index in [9.17, 15) is 9.59 Å². The van der Waals surface area contributed by atoms with E-state index in [-0.39, 0.29) is 17.6 Å². The molecule has 0 bridgehead atoms. The van der Waals surface area contributed by atoms with Crippen LogP contribution in [-0.2, 0) is 0 Å². The third-order valence-corrected chi connectivity index (χ3v) is 5.70. The van der Waals surface area contributed by atoms with E-state index in [1.165, 1.54) is 12.8 Å². The zero-order valence-corrected chi connectivity index (χ0v) is 14.7. The number of benzene rings is 1. The van der Waals surface area contributed by atoms with E-state index < -0.39 is 0 Å². The molecule has 2 N–H and O–H groups in total. The van der Waals surface area contributed by atoms with Crippen LogP contribution in [0.15, 0.2) is 52.1 Å². The number of H-pyrrole nitrogens is 2. The average Bonchev–Trinajstić information content (AvgIpc) is 3.10. The van der Waals surface area contributed by atoms with Crippen LogP contribution in [0.2, 0.25) is 0 Å². The van der Waals surface area contributed by atoms with E-state index in [1.54, 1.807) is 12.5 Å². The third-order valence-electron chi connectivity index (χ3n) is 5.70. The van der Waals surface area contributed by atoms with E-state index in [1.807, 2.05) is 35.2 Å². The second kappa shape index (κ2) is 6.26. The second-order valence-corrected chi connectivity index (χ2v) is 7.39. The number of hydrogen-bond donors (Lipinski definition) is 2. The number of aromatic nitrogens is 3. The monoisotopic (exact) mass is 364 g/mol. The Bertz CT molecular complexity index is 1020. The molecule has 1 saturated carbocycles. The molecule has 2 aromatic heterocycles. The summed E-state index contributed by atoms with van der Waals surface area (Å²) in [6, 6.07) is 9.26. The fraction of sp³-hybridized carbons (Fsp3) is 0.350. The van der Waals surface area contributed by atoms with Gasteiger partial charge in [0.05, 0.1) is 18.6 Å². The van der Waals surface area contributed by atoms with Crippen LogP contribution < -0.4 is 5.69 Å². The van der Waals surface area contributed by atoms with Crippen LogP contribution in [0.5, 0.6) is 0 Å². The van der Waals surface area contributed by atoms with Gasteiger partial charge in [-0.3, -0.25) is 9.78 Å². The maximum atomic E-state index is 13.3. The van der Waals surface area contributed by atoms with Gasteiger partial charge in [0, 0.05) is 17.7 Å². The van der Waals surface area contributed by atoms with Crippen LogP contribution in [0.1, 0.15) is 41.5 Å². The highest BCUT2D eigenvalue weighted by Gasteiger charge is 2.47. The molecule has 2 atom stereocenters. The highest BCUT2D eigenvalue weighted by atomic mass is 16.3. The zero-order chi connectivity index (χ0) is 18.4. The minimum atomic E-state index is -0.333. The lowest BCUT2D eigenvalue weighted by molar-refractivity contribution is 0.0705. The number of hydrogen-bond acceptors (Lipinski definition) is 4. The van der Waals surface area contributed by atoms with Crippen LogP contribution in [0.25, 0.3) is 11.1 Å². The van der Waals surface area contributed by atoms with Crippen molar-refractivity contribution >= 4 is 5.91 Å². The van der Waals surface area contributed by atoms with Gasteiger partial charge in [0.1, 0.15) is 0 Å². The molecule has 1 aliphatic heterocycles. The molecule has 2 fully saturated rings. The molecular weight excluding hydrogens is 344 g/mol. The first-order valence-corrected chi connectivity index (χ1v) is 9.29. The summed E-state index contributed by atoms with van der Waals surface area (Å²) in [6.45, 7) is 0.676. The van der Waals surface area contributed by atoms with Gasteiger partial charge >= 0.3 is 5.69 Å². The van der Waals surface area contributed by atoms with Crippen molar-refractivity contribution in [1.82, 2.24) is 20.1 Å². The number of rotatable bonds is 4. The summed E-state index contributed by atoms with van der Waals surface area (Å²) in [7, 11) is 0. The molecule has 0 radical (unpaired) electrons. The van der Waals surface area contributed by atoms with E-state index in [4.69, 9.17) is 4.42 Å². The molecule has 3 aromatic rings. The second-order valence-electron chi connectivity index (χ2n) is 7.39. The Balaban J connectivity index is 1.48. The fourth-order valence-electron chi connectivity index (χ4n) is 4.26. The van der Waals surface area contributed by atoms with Crippen molar-refractivity contribution in [1.29, 1.82) is 0 Å². The van der Waals surface area contributed by atoms with E-state index in [0.29, 0.717) is 29.8 Å². The molecule has 1 saturated heterocycles. The molecule has 7 nitrogen and oxygen atoms in total. The summed E-state index contributed by atoms with van der Waals surface area (Å²) in [5, 5.41) is 6.59. The normalized spacial score (nSPS) is 22.3. The molecule has 1 aliphatic carbocycles. The number of nitrogens with one attached hydrogen (secondary N) is 2. The van der Waals surface area contributed by atoms with Crippen molar-refractivity contribution in [2.75, 3.05) is 6.54 Å². The highest BCUT2D eigenvalue weighted by Crippen LogP contribution is 2.49. The average molecular weight is 364 g/mol. The summed E-state index contributed by atoms with van der Waals surface area (Å²) < 4.78 is 5.15. The van der Waals surface area contributed by atoms with Gasteiger partial charge in [-0.05, 0) is 54.9 Å². The molecule has 7 heteroatoms. The maximum Gasteiger partial charge on any atom is 0.340 e. The van der Waals surface area contributed by atoms with Crippen LogP contribution >= 0.6 is 0 Å². The molecule has 3 heterocycles. The van der Waals surface area contributed by atoms with Crippen LogP contribution in [-0.4, -0.2) is 32.5 Å². The van der Waals surface area contributed by atoms with E-state index >= 15 is 0 Å². The quantitative estimate of drug-likeness (QED) is 0.744. The predicted octanol–water partition coefficient (Wildman–Crippen LogP) is 2.97. The fourth-order valence-corrected chi connectivity index (χ4v) is 4.26. The number of aromatic amines is 2. The number of carbonyl (C=O) groups excluding carboxylic acids is 1. The first-order valence-electron chi connectivity index (χ1n) is 9.29. The molecule has 5 rings (SSSR count). The number of likely N-dealkylation sites (tertiary alicyclic amines) is 1. The number of furan rings is 1. The van der Waals surface area contributed by atoms with Gasteiger partial charge in [0.25, 0.3) is 5.91 Å². The van der Waals surface area contributed by atoms with Crippen LogP contribution in [0, 0.1) is 11.8 Å². The molecule has 0 spiro atoms. The van der Waals surface area contributed by atoms with Gasteiger partial charge < -0.3 is 9.32 Å². The molecular formula is C20H20N4O3. The summed E-state index contributed by atoms with van der Waals surface area (Å²) >= 11 is 0. The minimum absolute atomic E-state index is 0.0302. The summed E-state index contributed by atoms with van der Waals surface area (Å²) in [4.78, 5) is 29.5. The Morgan fingerprint density at radius 3 is 2.78 bits per heavy atom. The first kappa shape index (κ1) is 16.1. The Hall–Kier alpha value is -3.09. The topological polar surface area (TPSA) is 95.0 Å². The molecule has 2 unspecified atom stereocenters. The van der Waals surface area contributed by atoms with Crippen molar-refractivity contribution in [2.45, 2.75) is 25.3 Å². The van der Waals surface area contributed by atoms with Crippen molar-refractivity contribution in [3.05, 3.63) is 64.7 Å². The number of nitrogens with zero attached hydrogens (tertiary/aromatic N) is 2. The van der Waals surface area contributed by atoms with Crippen LogP contribution in [0.4, 0.5) is 0 Å². The van der Waals surface area contributed by atoms with Gasteiger partial charge in [-0.2, -0.15) is 5.10 Å². The van der Waals surface area contributed by atoms with Crippen LogP contribution in [0.3, 0.4) is 0 Å². The molecule has 138 valence electrons. The van der Waals surface area contributed by atoms with Crippen molar-refractivity contribution < 1.29 is 9.21 Å². The summed E-state index contributed by atoms with van der Waals surface area (Å²) in [5.74, 6) is 1.50. The van der Waals surface area contributed by atoms with Crippen molar-refractivity contribution in [3.8, 4) is 11.1 Å². The Kier molecular flexibility index (Phi) is 3.74. The molecule has 27 heavy (non-hydrogen) atoms. The van der Waals surface area contributed by atoms with Gasteiger partial charge in [-0.15, -0.1) is 0 Å². The molecule has 1 amide bonds. The minimum Gasteiger partial charge on any atom is -0.472 e. The first-order chi connectivity index (χ1) is 13.2. The maximum absolute atomic E-state index is 13.3. The standard InChI is InChI=1S/C20H20N4O3/c25-19(14-3-1-2-13(10-14)15-7-9-27-11-15)24-8-6-16(12-4-5-12)17(24)18-21-20(26)23-22-18/h1-3,7,9-12,16-17H,4-6,8H2,(H2,21,22,23,26). The molecule has 1 aromatic carbocycles. The highest BCUT2D eigenvalue weighted by molar-refractivity contribution is 5.96. The van der Waals surface area contributed by atoms with Crippen molar-refractivity contribution in [2.24, 2.45) is 11.8 Å². The van der Waals surface area contributed by atoms with Gasteiger partial charge in [-0.1, -0.05) is 12.1 Å². The summed E-state index contributed by atoms with van der Waals surface area (Å²) in [6.07, 6.45) is 6.60. The molecule has 2 aliphatic rings.